The molecule has 0 aliphatic carbocycles. The Morgan fingerprint density at radius 3 is 2.09 bits per heavy atom. The van der Waals surface area contributed by atoms with E-state index < -0.39 is 0 Å². The van der Waals surface area contributed by atoms with Gasteiger partial charge in [0, 0.05) is 6.61 Å². The number of hydrogen-bond acceptors (Lipinski definition) is 1. The zero-order valence-electron chi connectivity index (χ0n) is 7.25. The summed E-state index contributed by atoms with van der Waals surface area (Å²) in [6.07, 6.45) is 0.765. The molecule has 2 heteroatoms. The molecule has 0 radical (unpaired) electrons. The Morgan fingerprint density at radius 2 is 1.64 bits per heavy atom. The Bertz CT molecular complexity index is 162. The van der Waals surface area contributed by atoms with E-state index in [-0.39, 0.29) is 82.9 Å². The van der Waals surface area contributed by atoms with Crippen molar-refractivity contribution < 1.29 is 74.0 Å². The summed E-state index contributed by atoms with van der Waals surface area (Å²) in [6.45, 7) is 0.240. The van der Waals surface area contributed by atoms with Gasteiger partial charge in [0.1, 0.15) is 0 Å². The van der Waals surface area contributed by atoms with E-state index in [4.69, 9.17) is 5.11 Å². The van der Waals surface area contributed by atoms with Crippen LogP contribution in [0.25, 0.3) is 0 Å². The summed E-state index contributed by atoms with van der Waals surface area (Å²) >= 11 is 0. The average Bonchev–Trinajstić information content (AvgIpc) is 1.91. The zero-order chi connectivity index (χ0) is 6.53. The minimum atomic E-state index is 0. The van der Waals surface area contributed by atoms with Crippen molar-refractivity contribution in [3.63, 3.8) is 0 Å². The standard InChI is InChI=1S/C8H10O.CH3.Cs/c9-7-6-8-4-2-1-3-5-8;;/h1-5,9H,6-7H2;1H3;/q;-1;+1. The monoisotopic (exact) mass is 270 g/mol. The number of benzene rings is 1. The van der Waals surface area contributed by atoms with Crippen LogP contribution in [0.5, 0.6) is 0 Å². The van der Waals surface area contributed by atoms with Gasteiger partial charge >= 0.3 is 68.9 Å². The summed E-state index contributed by atoms with van der Waals surface area (Å²) in [4.78, 5) is 0. The smallest absolute Gasteiger partial charge is 0.396 e. The first-order valence-corrected chi connectivity index (χ1v) is 3.08. The Balaban J connectivity index is 0. The van der Waals surface area contributed by atoms with Crippen molar-refractivity contribution in [2.45, 2.75) is 6.42 Å². The van der Waals surface area contributed by atoms with Gasteiger partial charge in [-0.25, -0.2) is 0 Å². The second kappa shape index (κ2) is 9.32. The maximum atomic E-state index is 8.52. The molecule has 0 amide bonds. The number of hydrogen-bond donors (Lipinski definition) is 1. The quantitative estimate of drug-likeness (QED) is 0.661. The zero-order valence-corrected chi connectivity index (χ0v) is 13.5. The molecule has 0 aliphatic rings. The molecule has 0 aromatic heterocycles. The Kier molecular flexibility index (Phi) is 12.5. The molecule has 0 spiro atoms. The molecule has 0 saturated carbocycles. The van der Waals surface area contributed by atoms with Crippen molar-refractivity contribution in [1.29, 1.82) is 0 Å². The molecule has 1 aromatic carbocycles. The SMILES string of the molecule is OCCc1ccccc1.[CH3-].[Cs+]. The third kappa shape index (κ3) is 6.40. The second-order valence-corrected chi connectivity index (χ2v) is 1.96. The predicted octanol–water partition coefficient (Wildman–Crippen LogP) is -1.32. The molecule has 0 heterocycles. The molecule has 1 nitrogen and oxygen atoms in total. The van der Waals surface area contributed by atoms with Gasteiger partial charge in [-0.05, 0) is 12.0 Å². The van der Waals surface area contributed by atoms with E-state index in [2.05, 4.69) is 0 Å². The Morgan fingerprint density at radius 1 is 1.09 bits per heavy atom. The van der Waals surface area contributed by atoms with Gasteiger partial charge in [0.25, 0.3) is 0 Å². The van der Waals surface area contributed by atoms with Gasteiger partial charge in [-0.2, -0.15) is 0 Å². The van der Waals surface area contributed by atoms with Crippen molar-refractivity contribution in [2.24, 2.45) is 0 Å². The van der Waals surface area contributed by atoms with Crippen LogP contribution < -0.4 is 68.9 Å². The van der Waals surface area contributed by atoms with Crippen molar-refractivity contribution >= 4 is 0 Å². The van der Waals surface area contributed by atoms with E-state index in [1.807, 2.05) is 30.3 Å². The van der Waals surface area contributed by atoms with Crippen molar-refractivity contribution in [1.82, 2.24) is 0 Å². The molecular weight excluding hydrogens is 257 g/mol. The summed E-state index contributed by atoms with van der Waals surface area (Å²) in [5, 5.41) is 8.52. The van der Waals surface area contributed by atoms with Crippen molar-refractivity contribution in [3.05, 3.63) is 43.3 Å². The van der Waals surface area contributed by atoms with E-state index >= 15 is 0 Å². The van der Waals surface area contributed by atoms with E-state index in [1.54, 1.807) is 0 Å². The minimum Gasteiger partial charge on any atom is -0.396 e. The predicted molar refractivity (Wildman–Crippen MR) is 43.6 cm³/mol. The van der Waals surface area contributed by atoms with E-state index in [0.717, 1.165) is 6.42 Å². The maximum absolute atomic E-state index is 8.52. The summed E-state index contributed by atoms with van der Waals surface area (Å²) in [7, 11) is 0. The van der Waals surface area contributed by atoms with Crippen LogP contribution in [0.1, 0.15) is 5.56 Å². The molecule has 56 valence electrons. The second-order valence-electron chi connectivity index (χ2n) is 1.96. The summed E-state index contributed by atoms with van der Waals surface area (Å²) in [5.41, 5.74) is 1.19. The van der Waals surface area contributed by atoms with Gasteiger partial charge in [-0.3, -0.25) is 0 Å². The Labute approximate surface area is 128 Å². The molecule has 11 heavy (non-hydrogen) atoms. The fraction of sp³-hybridized carbons (Fsp3) is 0.222. The Hall–Kier alpha value is 1.23. The van der Waals surface area contributed by atoms with Gasteiger partial charge in [-0.1, -0.05) is 30.3 Å². The molecule has 0 fully saturated rings. The first-order valence-electron chi connectivity index (χ1n) is 3.08. The summed E-state index contributed by atoms with van der Waals surface area (Å²) < 4.78 is 0. The fourth-order valence-corrected chi connectivity index (χ4v) is 0.774. The van der Waals surface area contributed by atoms with E-state index in [1.165, 1.54) is 5.56 Å². The van der Waals surface area contributed by atoms with Crippen LogP contribution in [-0.4, -0.2) is 11.7 Å². The van der Waals surface area contributed by atoms with E-state index in [9.17, 15) is 0 Å². The van der Waals surface area contributed by atoms with Crippen LogP contribution in [0.2, 0.25) is 0 Å². The van der Waals surface area contributed by atoms with Gasteiger partial charge in [0.05, 0.1) is 0 Å². The van der Waals surface area contributed by atoms with Crippen molar-refractivity contribution in [3.8, 4) is 0 Å². The fourth-order valence-electron chi connectivity index (χ4n) is 0.774. The normalized spacial score (nSPS) is 7.73. The maximum Gasteiger partial charge on any atom is 1.00 e. The van der Waals surface area contributed by atoms with Crippen LogP contribution in [0.3, 0.4) is 0 Å². The van der Waals surface area contributed by atoms with Crippen molar-refractivity contribution in [2.75, 3.05) is 6.61 Å². The van der Waals surface area contributed by atoms with Gasteiger partial charge in [0.2, 0.25) is 0 Å². The molecule has 0 unspecified atom stereocenters. The molecule has 0 atom stereocenters. The van der Waals surface area contributed by atoms with Crippen LogP contribution in [-0.2, 0) is 6.42 Å². The summed E-state index contributed by atoms with van der Waals surface area (Å²) in [6, 6.07) is 9.95. The van der Waals surface area contributed by atoms with Crippen LogP contribution >= 0.6 is 0 Å². The molecule has 1 rings (SSSR count). The molecular formula is C9H13CsO. The first-order chi connectivity index (χ1) is 4.43. The number of aliphatic hydroxyl groups excluding tert-OH is 1. The van der Waals surface area contributed by atoms with Crippen LogP contribution in [0, 0.1) is 7.43 Å². The van der Waals surface area contributed by atoms with Crippen LogP contribution in [0.4, 0.5) is 0 Å². The molecule has 0 bridgehead atoms. The number of rotatable bonds is 2. The topological polar surface area (TPSA) is 20.2 Å². The minimum absolute atomic E-state index is 0. The average molecular weight is 270 g/mol. The molecule has 1 aromatic rings. The molecule has 0 saturated heterocycles. The van der Waals surface area contributed by atoms with Crippen LogP contribution in [0.15, 0.2) is 30.3 Å². The van der Waals surface area contributed by atoms with E-state index in [0.29, 0.717) is 0 Å². The van der Waals surface area contributed by atoms with Gasteiger partial charge in [-0.15, -0.1) is 0 Å². The molecule has 0 aliphatic heterocycles. The third-order valence-corrected chi connectivity index (χ3v) is 1.24. The van der Waals surface area contributed by atoms with Gasteiger partial charge in [0.15, 0.2) is 0 Å². The largest absolute Gasteiger partial charge is 1.00 e. The number of aliphatic hydroxyl groups is 1. The summed E-state index contributed by atoms with van der Waals surface area (Å²) in [5.74, 6) is 0. The van der Waals surface area contributed by atoms with Gasteiger partial charge < -0.3 is 12.5 Å². The molecule has 1 N–H and O–H groups in total. The first kappa shape index (κ1) is 14.7. The third-order valence-electron chi connectivity index (χ3n) is 1.24.